The Hall–Kier alpha value is -3.09. The standard InChI is InChI=1S/C22H27N5O2/c1-17-5-7-20(29-17)15-25(2)21-8-6-19(12-24-21)22(28)27-10-3-4-18(14-27)13-26-11-9-23-16-26/h5-9,11-12,16,18H,3-4,10,13-15H2,1-2H3. The maximum absolute atomic E-state index is 13.0. The maximum Gasteiger partial charge on any atom is 0.255 e. The van der Waals surface area contributed by atoms with Crippen LogP contribution < -0.4 is 4.90 Å². The first-order valence-corrected chi connectivity index (χ1v) is 10.1. The number of amides is 1. The average molecular weight is 393 g/mol. The Labute approximate surface area is 171 Å². The van der Waals surface area contributed by atoms with E-state index in [1.54, 1.807) is 12.4 Å². The molecular formula is C22H27N5O2. The van der Waals surface area contributed by atoms with Crippen LogP contribution in [0.5, 0.6) is 0 Å². The minimum Gasteiger partial charge on any atom is -0.464 e. The second-order valence-corrected chi connectivity index (χ2v) is 7.79. The van der Waals surface area contributed by atoms with Gasteiger partial charge in [0.1, 0.15) is 17.3 Å². The minimum atomic E-state index is 0.0590. The Morgan fingerprint density at radius 3 is 2.90 bits per heavy atom. The van der Waals surface area contributed by atoms with E-state index in [9.17, 15) is 4.79 Å². The molecule has 0 aliphatic carbocycles. The molecule has 152 valence electrons. The summed E-state index contributed by atoms with van der Waals surface area (Å²) in [6.07, 6.45) is 9.45. The number of imidazole rings is 1. The first-order valence-electron chi connectivity index (χ1n) is 10.1. The highest BCUT2D eigenvalue weighted by Crippen LogP contribution is 2.21. The molecule has 0 aromatic carbocycles. The molecule has 0 N–H and O–H groups in total. The molecule has 0 bridgehead atoms. The van der Waals surface area contributed by atoms with Gasteiger partial charge in [-0.1, -0.05) is 0 Å². The van der Waals surface area contributed by atoms with E-state index >= 15 is 0 Å². The number of furan rings is 1. The summed E-state index contributed by atoms with van der Waals surface area (Å²) in [7, 11) is 1.97. The lowest BCUT2D eigenvalue weighted by Crippen LogP contribution is -2.41. The average Bonchev–Trinajstić information content (AvgIpc) is 3.39. The van der Waals surface area contributed by atoms with Crippen molar-refractivity contribution in [2.75, 3.05) is 25.0 Å². The molecule has 0 radical (unpaired) electrons. The molecule has 3 aromatic heterocycles. The van der Waals surface area contributed by atoms with Gasteiger partial charge in [0.2, 0.25) is 0 Å². The first kappa shape index (κ1) is 19.2. The van der Waals surface area contributed by atoms with Crippen LogP contribution in [0, 0.1) is 12.8 Å². The molecule has 1 atom stereocenters. The van der Waals surface area contributed by atoms with E-state index in [1.165, 1.54) is 0 Å². The molecule has 29 heavy (non-hydrogen) atoms. The van der Waals surface area contributed by atoms with E-state index in [0.717, 1.165) is 49.8 Å². The predicted molar refractivity (Wildman–Crippen MR) is 111 cm³/mol. The SMILES string of the molecule is Cc1ccc(CN(C)c2ccc(C(=O)N3CCCC(Cn4ccnc4)C3)cn2)o1. The van der Waals surface area contributed by atoms with Crippen LogP contribution in [0.1, 0.15) is 34.7 Å². The number of hydrogen-bond donors (Lipinski definition) is 0. The van der Waals surface area contributed by atoms with E-state index in [1.807, 2.05) is 60.6 Å². The summed E-state index contributed by atoms with van der Waals surface area (Å²) in [5.74, 6) is 3.12. The summed E-state index contributed by atoms with van der Waals surface area (Å²) >= 11 is 0. The van der Waals surface area contributed by atoms with Crippen molar-refractivity contribution in [3.63, 3.8) is 0 Å². The van der Waals surface area contributed by atoms with Gasteiger partial charge >= 0.3 is 0 Å². The van der Waals surface area contributed by atoms with Gasteiger partial charge in [-0.2, -0.15) is 0 Å². The zero-order chi connectivity index (χ0) is 20.2. The largest absolute Gasteiger partial charge is 0.464 e. The number of rotatable bonds is 6. The number of piperidine rings is 1. The van der Waals surface area contributed by atoms with Crippen LogP contribution >= 0.6 is 0 Å². The van der Waals surface area contributed by atoms with Crippen LogP contribution in [0.2, 0.25) is 0 Å². The zero-order valence-electron chi connectivity index (χ0n) is 17.0. The molecule has 4 heterocycles. The Kier molecular flexibility index (Phi) is 5.64. The van der Waals surface area contributed by atoms with Crippen LogP contribution in [-0.2, 0) is 13.1 Å². The molecule has 1 aliphatic heterocycles. The van der Waals surface area contributed by atoms with Gasteiger partial charge in [0.15, 0.2) is 0 Å². The lowest BCUT2D eigenvalue weighted by atomic mass is 9.97. The topological polar surface area (TPSA) is 67.4 Å². The number of anilines is 1. The van der Waals surface area contributed by atoms with Gasteiger partial charge in [0.05, 0.1) is 18.4 Å². The van der Waals surface area contributed by atoms with Crippen molar-refractivity contribution in [3.05, 3.63) is 66.3 Å². The summed E-state index contributed by atoms with van der Waals surface area (Å²) in [4.78, 5) is 25.5. The van der Waals surface area contributed by atoms with Crippen molar-refractivity contribution in [2.24, 2.45) is 5.92 Å². The molecule has 1 fully saturated rings. The number of likely N-dealkylation sites (tertiary alicyclic amines) is 1. The highest BCUT2D eigenvalue weighted by molar-refractivity contribution is 5.94. The molecule has 1 amide bonds. The second kappa shape index (κ2) is 8.51. The van der Waals surface area contributed by atoms with Crippen molar-refractivity contribution in [1.82, 2.24) is 19.4 Å². The smallest absolute Gasteiger partial charge is 0.255 e. The van der Waals surface area contributed by atoms with Crippen LogP contribution in [0.4, 0.5) is 5.82 Å². The van der Waals surface area contributed by atoms with E-state index in [4.69, 9.17) is 4.42 Å². The molecule has 0 spiro atoms. The summed E-state index contributed by atoms with van der Waals surface area (Å²) < 4.78 is 7.72. The zero-order valence-corrected chi connectivity index (χ0v) is 17.0. The highest BCUT2D eigenvalue weighted by atomic mass is 16.3. The van der Waals surface area contributed by atoms with Crippen LogP contribution in [0.15, 0.2) is 53.6 Å². The summed E-state index contributed by atoms with van der Waals surface area (Å²) in [5.41, 5.74) is 0.638. The van der Waals surface area contributed by atoms with E-state index in [2.05, 4.69) is 14.5 Å². The second-order valence-electron chi connectivity index (χ2n) is 7.79. The van der Waals surface area contributed by atoms with Crippen molar-refractivity contribution in [2.45, 2.75) is 32.9 Å². The molecule has 4 rings (SSSR count). The number of carbonyl (C=O) groups excluding carboxylic acids is 1. The maximum atomic E-state index is 13.0. The molecular weight excluding hydrogens is 366 g/mol. The van der Waals surface area contributed by atoms with Crippen molar-refractivity contribution >= 4 is 11.7 Å². The Morgan fingerprint density at radius 1 is 1.31 bits per heavy atom. The summed E-state index contributed by atoms with van der Waals surface area (Å²) in [5, 5.41) is 0. The quantitative estimate of drug-likeness (QED) is 0.642. The number of carbonyl (C=O) groups is 1. The Balaban J connectivity index is 1.37. The van der Waals surface area contributed by atoms with Gasteiger partial charge < -0.3 is 18.8 Å². The third kappa shape index (κ3) is 4.67. The van der Waals surface area contributed by atoms with Gasteiger partial charge in [0.25, 0.3) is 5.91 Å². The number of hydrogen-bond acceptors (Lipinski definition) is 5. The molecule has 1 saturated heterocycles. The number of aryl methyl sites for hydroxylation is 1. The lowest BCUT2D eigenvalue weighted by Gasteiger charge is -2.33. The molecule has 1 unspecified atom stereocenters. The van der Waals surface area contributed by atoms with Crippen LogP contribution in [0.25, 0.3) is 0 Å². The summed E-state index contributed by atoms with van der Waals surface area (Å²) in [6, 6.07) is 7.70. The van der Waals surface area contributed by atoms with Crippen molar-refractivity contribution < 1.29 is 9.21 Å². The Bertz CT molecular complexity index is 933. The van der Waals surface area contributed by atoms with Gasteiger partial charge in [0, 0.05) is 45.3 Å². The van der Waals surface area contributed by atoms with Crippen molar-refractivity contribution in [3.8, 4) is 0 Å². The fourth-order valence-corrected chi connectivity index (χ4v) is 3.90. The monoisotopic (exact) mass is 393 g/mol. The van der Waals surface area contributed by atoms with Gasteiger partial charge in [-0.15, -0.1) is 0 Å². The fourth-order valence-electron chi connectivity index (χ4n) is 3.90. The number of pyridine rings is 1. The predicted octanol–water partition coefficient (Wildman–Crippen LogP) is 3.37. The minimum absolute atomic E-state index is 0.0590. The molecule has 7 nitrogen and oxygen atoms in total. The van der Waals surface area contributed by atoms with Gasteiger partial charge in [-0.25, -0.2) is 9.97 Å². The number of nitrogens with zero attached hydrogens (tertiary/aromatic N) is 5. The molecule has 0 saturated carbocycles. The lowest BCUT2D eigenvalue weighted by molar-refractivity contribution is 0.0662. The van der Waals surface area contributed by atoms with E-state index in [-0.39, 0.29) is 5.91 Å². The fraction of sp³-hybridized carbons (Fsp3) is 0.409. The first-order chi connectivity index (χ1) is 14.1. The van der Waals surface area contributed by atoms with Crippen LogP contribution in [-0.4, -0.2) is 45.5 Å². The third-order valence-electron chi connectivity index (χ3n) is 5.41. The third-order valence-corrected chi connectivity index (χ3v) is 5.41. The molecule has 7 heteroatoms. The van der Waals surface area contributed by atoms with E-state index < -0.39 is 0 Å². The normalized spacial score (nSPS) is 16.8. The number of aromatic nitrogens is 3. The van der Waals surface area contributed by atoms with Crippen LogP contribution in [0.3, 0.4) is 0 Å². The summed E-state index contributed by atoms with van der Waals surface area (Å²) in [6.45, 7) is 5.05. The van der Waals surface area contributed by atoms with Gasteiger partial charge in [-0.3, -0.25) is 4.79 Å². The Morgan fingerprint density at radius 2 is 2.21 bits per heavy atom. The highest BCUT2D eigenvalue weighted by Gasteiger charge is 2.25. The van der Waals surface area contributed by atoms with Gasteiger partial charge in [-0.05, 0) is 49.9 Å². The van der Waals surface area contributed by atoms with E-state index in [0.29, 0.717) is 18.0 Å². The molecule has 1 aliphatic rings. The van der Waals surface area contributed by atoms with Crippen molar-refractivity contribution in [1.29, 1.82) is 0 Å². The molecule has 3 aromatic rings.